The molecule has 1 rings (SSSR count). The SMILES string of the molecule is CCCCCCC(C)OC1(CCN)CCC1. The van der Waals surface area contributed by atoms with Gasteiger partial charge >= 0.3 is 0 Å². The maximum absolute atomic E-state index is 6.21. The third-order valence-electron chi connectivity index (χ3n) is 3.78. The molecule has 0 aromatic heterocycles. The molecule has 2 nitrogen and oxygen atoms in total. The second-order valence-electron chi connectivity index (χ2n) is 5.35. The Bertz CT molecular complexity index is 178. The van der Waals surface area contributed by atoms with Gasteiger partial charge in [-0.3, -0.25) is 0 Å². The van der Waals surface area contributed by atoms with Gasteiger partial charge < -0.3 is 10.5 Å². The highest BCUT2D eigenvalue weighted by Crippen LogP contribution is 2.39. The van der Waals surface area contributed by atoms with Crippen molar-refractivity contribution in [3.8, 4) is 0 Å². The van der Waals surface area contributed by atoms with E-state index in [1.807, 2.05) is 0 Å². The van der Waals surface area contributed by atoms with Crippen molar-refractivity contribution in [3.05, 3.63) is 0 Å². The summed E-state index contributed by atoms with van der Waals surface area (Å²) < 4.78 is 6.21. The first-order valence-corrected chi connectivity index (χ1v) is 7.10. The predicted octanol–water partition coefficient (Wildman–Crippen LogP) is 3.63. The Kier molecular flexibility index (Phi) is 6.37. The van der Waals surface area contributed by atoms with Gasteiger partial charge in [0.25, 0.3) is 0 Å². The molecule has 0 saturated heterocycles. The minimum absolute atomic E-state index is 0.166. The molecule has 1 fully saturated rings. The zero-order chi connectivity index (χ0) is 11.9. The van der Waals surface area contributed by atoms with Gasteiger partial charge in [-0.25, -0.2) is 0 Å². The molecule has 0 aromatic carbocycles. The Morgan fingerprint density at radius 3 is 2.50 bits per heavy atom. The van der Waals surface area contributed by atoms with E-state index in [0.717, 1.165) is 13.0 Å². The molecule has 1 aliphatic rings. The highest BCUT2D eigenvalue weighted by atomic mass is 16.5. The lowest BCUT2D eigenvalue weighted by Gasteiger charge is -2.43. The predicted molar refractivity (Wildman–Crippen MR) is 69.6 cm³/mol. The summed E-state index contributed by atoms with van der Waals surface area (Å²) in [5, 5.41) is 0. The number of unbranched alkanes of at least 4 members (excludes halogenated alkanes) is 3. The van der Waals surface area contributed by atoms with E-state index >= 15 is 0 Å². The van der Waals surface area contributed by atoms with E-state index in [9.17, 15) is 0 Å². The molecule has 1 unspecified atom stereocenters. The molecule has 0 bridgehead atoms. The molecule has 0 spiro atoms. The van der Waals surface area contributed by atoms with E-state index in [-0.39, 0.29) is 5.60 Å². The van der Waals surface area contributed by atoms with Gasteiger partial charge in [0, 0.05) is 0 Å². The molecule has 1 aliphatic carbocycles. The van der Waals surface area contributed by atoms with E-state index in [1.54, 1.807) is 0 Å². The van der Waals surface area contributed by atoms with Crippen LogP contribution >= 0.6 is 0 Å². The fourth-order valence-electron chi connectivity index (χ4n) is 2.61. The summed E-state index contributed by atoms with van der Waals surface area (Å²) >= 11 is 0. The van der Waals surface area contributed by atoms with Crippen molar-refractivity contribution in [2.75, 3.05) is 6.54 Å². The average molecular weight is 227 g/mol. The van der Waals surface area contributed by atoms with Crippen molar-refractivity contribution in [1.82, 2.24) is 0 Å². The van der Waals surface area contributed by atoms with Gasteiger partial charge in [0.05, 0.1) is 11.7 Å². The van der Waals surface area contributed by atoms with Gasteiger partial charge in [0.2, 0.25) is 0 Å². The number of hydrogen-bond acceptors (Lipinski definition) is 2. The second-order valence-corrected chi connectivity index (χ2v) is 5.35. The molecule has 2 heteroatoms. The molecule has 1 atom stereocenters. The van der Waals surface area contributed by atoms with Crippen molar-refractivity contribution in [2.24, 2.45) is 5.73 Å². The summed E-state index contributed by atoms with van der Waals surface area (Å²) in [6.07, 6.45) is 11.8. The Labute approximate surface area is 101 Å². The smallest absolute Gasteiger partial charge is 0.0698 e. The van der Waals surface area contributed by atoms with Crippen LogP contribution in [0, 0.1) is 0 Å². The molecular formula is C14H29NO. The van der Waals surface area contributed by atoms with Crippen LogP contribution in [0.25, 0.3) is 0 Å². The largest absolute Gasteiger partial charge is 0.372 e. The molecule has 0 aliphatic heterocycles. The van der Waals surface area contributed by atoms with Crippen LogP contribution < -0.4 is 5.73 Å². The summed E-state index contributed by atoms with van der Waals surface area (Å²) in [6.45, 7) is 5.25. The first-order chi connectivity index (χ1) is 7.72. The first-order valence-electron chi connectivity index (χ1n) is 7.10. The van der Waals surface area contributed by atoms with Crippen LogP contribution in [0.1, 0.15) is 71.6 Å². The normalized spacial score (nSPS) is 20.4. The molecule has 2 N–H and O–H groups in total. The number of hydrogen-bond donors (Lipinski definition) is 1. The van der Waals surface area contributed by atoms with Gasteiger partial charge in [0.1, 0.15) is 0 Å². The van der Waals surface area contributed by atoms with Crippen molar-refractivity contribution < 1.29 is 4.74 Å². The Balaban J connectivity index is 2.14. The summed E-state index contributed by atoms with van der Waals surface area (Å²) in [5.74, 6) is 0. The second kappa shape index (κ2) is 7.29. The Hall–Kier alpha value is -0.0800. The molecule has 0 amide bonds. The molecule has 1 saturated carbocycles. The fraction of sp³-hybridized carbons (Fsp3) is 1.00. The van der Waals surface area contributed by atoms with Crippen LogP contribution in [-0.2, 0) is 4.74 Å². The molecule has 0 heterocycles. The lowest BCUT2D eigenvalue weighted by atomic mass is 9.77. The van der Waals surface area contributed by atoms with Gasteiger partial charge in [-0.1, -0.05) is 32.6 Å². The van der Waals surface area contributed by atoms with Crippen LogP contribution in [0.3, 0.4) is 0 Å². The monoisotopic (exact) mass is 227 g/mol. The number of nitrogens with two attached hydrogens (primary N) is 1. The maximum Gasteiger partial charge on any atom is 0.0698 e. The van der Waals surface area contributed by atoms with Crippen molar-refractivity contribution in [1.29, 1.82) is 0 Å². The minimum atomic E-state index is 0.166. The molecular weight excluding hydrogens is 198 g/mol. The minimum Gasteiger partial charge on any atom is -0.372 e. The number of rotatable bonds is 9. The van der Waals surface area contributed by atoms with Crippen molar-refractivity contribution in [2.45, 2.75) is 83.3 Å². The summed E-state index contributed by atoms with van der Waals surface area (Å²) in [7, 11) is 0. The van der Waals surface area contributed by atoms with Crippen LogP contribution in [0.15, 0.2) is 0 Å². The van der Waals surface area contributed by atoms with E-state index in [1.165, 1.54) is 51.4 Å². The van der Waals surface area contributed by atoms with E-state index < -0.39 is 0 Å². The molecule has 0 aromatic rings. The van der Waals surface area contributed by atoms with Gasteiger partial charge in [-0.2, -0.15) is 0 Å². The number of ether oxygens (including phenoxy) is 1. The topological polar surface area (TPSA) is 35.2 Å². The van der Waals surface area contributed by atoms with Crippen LogP contribution in [0.4, 0.5) is 0 Å². The lowest BCUT2D eigenvalue weighted by Crippen LogP contribution is -2.44. The third kappa shape index (κ3) is 4.42. The Morgan fingerprint density at radius 1 is 1.25 bits per heavy atom. The van der Waals surface area contributed by atoms with Crippen molar-refractivity contribution >= 4 is 0 Å². The van der Waals surface area contributed by atoms with Gasteiger partial charge in [0.15, 0.2) is 0 Å². The van der Waals surface area contributed by atoms with Gasteiger partial charge in [-0.15, -0.1) is 0 Å². The molecule has 96 valence electrons. The van der Waals surface area contributed by atoms with E-state index in [4.69, 9.17) is 10.5 Å². The van der Waals surface area contributed by atoms with E-state index in [2.05, 4.69) is 13.8 Å². The standard InChI is InChI=1S/C14H29NO/c1-3-4-5-6-8-13(2)16-14(11-12-15)9-7-10-14/h13H,3-12,15H2,1-2H3. The molecule has 0 radical (unpaired) electrons. The zero-order valence-corrected chi connectivity index (χ0v) is 11.1. The van der Waals surface area contributed by atoms with Gasteiger partial charge in [-0.05, 0) is 45.6 Å². The highest BCUT2D eigenvalue weighted by molar-refractivity contribution is 4.90. The third-order valence-corrected chi connectivity index (χ3v) is 3.78. The maximum atomic E-state index is 6.21. The first kappa shape index (κ1) is 14.0. The Morgan fingerprint density at radius 2 is 2.00 bits per heavy atom. The fourth-order valence-corrected chi connectivity index (χ4v) is 2.61. The van der Waals surface area contributed by atoms with Crippen molar-refractivity contribution in [3.63, 3.8) is 0 Å². The molecule has 16 heavy (non-hydrogen) atoms. The quantitative estimate of drug-likeness (QED) is 0.610. The van der Waals surface area contributed by atoms with Crippen LogP contribution in [0.2, 0.25) is 0 Å². The van der Waals surface area contributed by atoms with Crippen LogP contribution in [-0.4, -0.2) is 18.2 Å². The van der Waals surface area contributed by atoms with Crippen LogP contribution in [0.5, 0.6) is 0 Å². The van der Waals surface area contributed by atoms with E-state index in [0.29, 0.717) is 6.10 Å². The highest BCUT2D eigenvalue weighted by Gasteiger charge is 2.38. The summed E-state index contributed by atoms with van der Waals surface area (Å²) in [5.41, 5.74) is 5.83. The lowest BCUT2D eigenvalue weighted by molar-refractivity contribution is -0.138. The summed E-state index contributed by atoms with van der Waals surface area (Å²) in [4.78, 5) is 0. The zero-order valence-electron chi connectivity index (χ0n) is 11.1. The average Bonchev–Trinajstić information content (AvgIpc) is 2.21. The summed E-state index contributed by atoms with van der Waals surface area (Å²) in [6, 6.07) is 0.